The first kappa shape index (κ1) is 18.9. The predicted molar refractivity (Wildman–Crippen MR) is 116 cm³/mol. The number of anilines is 1. The van der Waals surface area contributed by atoms with Crippen LogP contribution in [0.15, 0.2) is 73.1 Å². The first-order valence-corrected chi connectivity index (χ1v) is 9.85. The number of unbranched alkanes of at least 4 members (excludes halogenated alkanes) is 1. The van der Waals surface area contributed by atoms with Gasteiger partial charge in [-0.1, -0.05) is 30.3 Å². The molecule has 2 aromatic heterocycles. The number of ether oxygens (including phenoxy) is 2. The first-order chi connectivity index (χ1) is 14.2. The van der Waals surface area contributed by atoms with E-state index in [1.807, 2.05) is 71.4 Å². The summed E-state index contributed by atoms with van der Waals surface area (Å²) in [6.45, 7) is 3.36. The van der Waals surface area contributed by atoms with Crippen LogP contribution >= 0.6 is 0 Å². The van der Waals surface area contributed by atoms with Crippen LogP contribution in [0.5, 0.6) is 11.5 Å². The minimum absolute atomic E-state index is 0.622. The number of pyridine rings is 1. The number of aromatic nitrogens is 2. The molecule has 5 heteroatoms. The summed E-state index contributed by atoms with van der Waals surface area (Å²) in [5, 5.41) is 0. The monoisotopic (exact) mass is 387 g/mol. The Labute approximate surface area is 170 Å². The van der Waals surface area contributed by atoms with Crippen LogP contribution in [0.2, 0.25) is 0 Å². The lowest BCUT2D eigenvalue weighted by Crippen LogP contribution is -2.04. The van der Waals surface area contributed by atoms with Crippen molar-refractivity contribution in [2.45, 2.75) is 19.8 Å². The van der Waals surface area contributed by atoms with Crippen molar-refractivity contribution in [3.05, 3.63) is 78.6 Å². The van der Waals surface area contributed by atoms with Gasteiger partial charge in [0.25, 0.3) is 0 Å². The quantitative estimate of drug-likeness (QED) is 0.336. The highest BCUT2D eigenvalue weighted by atomic mass is 16.5. The zero-order valence-corrected chi connectivity index (χ0v) is 16.5. The second-order valence-electron chi connectivity index (χ2n) is 7.02. The van der Waals surface area contributed by atoms with Crippen LogP contribution in [0.4, 0.5) is 5.69 Å². The molecule has 0 unspecified atom stereocenters. The highest BCUT2D eigenvalue weighted by Gasteiger charge is 2.09. The maximum atomic E-state index is 6.00. The van der Waals surface area contributed by atoms with E-state index in [4.69, 9.17) is 20.2 Å². The van der Waals surface area contributed by atoms with Gasteiger partial charge in [0.1, 0.15) is 5.75 Å². The molecule has 0 aliphatic rings. The number of hydrogen-bond donors (Lipinski definition) is 1. The number of para-hydroxylation sites is 1. The van der Waals surface area contributed by atoms with Crippen LogP contribution < -0.4 is 15.2 Å². The van der Waals surface area contributed by atoms with E-state index in [9.17, 15) is 0 Å². The van der Waals surface area contributed by atoms with Gasteiger partial charge in [-0.25, -0.2) is 4.98 Å². The van der Waals surface area contributed by atoms with Crippen molar-refractivity contribution >= 4 is 11.3 Å². The van der Waals surface area contributed by atoms with Gasteiger partial charge in [0, 0.05) is 23.6 Å². The van der Waals surface area contributed by atoms with Crippen molar-refractivity contribution in [3.63, 3.8) is 0 Å². The van der Waals surface area contributed by atoms with Gasteiger partial charge >= 0.3 is 0 Å². The first-order valence-electron chi connectivity index (χ1n) is 9.85. The van der Waals surface area contributed by atoms with Crippen LogP contribution in [-0.4, -0.2) is 22.6 Å². The third-order valence-electron chi connectivity index (χ3n) is 4.78. The number of imidazole rings is 1. The van der Waals surface area contributed by atoms with Gasteiger partial charge in [0.05, 0.1) is 18.9 Å². The van der Waals surface area contributed by atoms with Crippen LogP contribution in [0.1, 0.15) is 18.4 Å². The minimum Gasteiger partial charge on any atom is -0.493 e. The largest absolute Gasteiger partial charge is 0.493 e. The van der Waals surface area contributed by atoms with Gasteiger partial charge in [-0.15, -0.1) is 0 Å². The van der Waals surface area contributed by atoms with E-state index in [-0.39, 0.29) is 0 Å². The molecule has 0 bridgehead atoms. The number of aryl methyl sites for hydroxylation is 1. The Hall–Kier alpha value is -3.47. The molecule has 4 rings (SSSR count). The molecule has 4 aromatic rings. The molecular weight excluding hydrogens is 362 g/mol. The summed E-state index contributed by atoms with van der Waals surface area (Å²) in [7, 11) is 0. The van der Waals surface area contributed by atoms with Crippen LogP contribution in [0, 0.1) is 6.92 Å². The molecule has 0 aliphatic heterocycles. The average Bonchev–Trinajstić information content (AvgIpc) is 3.17. The van der Waals surface area contributed by atoms with Crippen molar-refractivity contribution in [3.8, 4) is 22.8 Å². The van der Waals surface area contributed by atoms with Gasteiger partial charge in [-0.2, -0.15) is 0 Å². The van der Waals surface area contributed by atoms with E-state index in [1.165, 1.54) is 0 Å². The lowest BCUT2D eigenvalue weighted by molar-refractivity contribution is 0.266. The van der Waals surface area contributed by atoms with Crippen molar-refractivity contribution in [2.75, 3.05) is 18.9 Å². The number of rotatable bonds is 8. The van der Waals surface area contributed by atoms with E-state index in [2.05, 4.69) is 13.0 Å². The van der Waals surface area contributed by atoms with Crippen LogP contribution in [0.25, 0.3) is 16.9 Å². The molecule has 0 atom stereocenters. The molecule has 0 saturated carbocycles. The number of fused-ring (bicyclic) bond motifs is 1. The molecule has 2 heterocycles. The highest BCUT2D eigenvalue weighted by molar-refractivity contribution is 5.68. The van der Waals surface area contributed by atoms with Crippen molar-refractivity contribution in [2.24, 2.45) is 0 Å². The molecule has 0 aliphatic carbocycles. The zero-order chi connectivity index (χ0) is 20.1. The second kappa shape index (κ2) is 8.69. The topological polar surface area (TPSA) is 61.8 Å². The molecule has 0 spiro atoms. The summed E-state index contributed by atoms with van der Waals surface area (Å²) in [5.74, 6) is 1.73. The third-order valence-corrected chi connectivity index (χ3v) is 4.78. The SMILES string of the molecule is Cc1ccccc1OCCCCOc1cccn2cc(-c3cccc(N)c3)nc12. The summed E-state index contributed by atoms with van der Waals surface area (Å²) in [4.78, 5) is 4.75. The second-order valence-corrected chi connectivity index (χ2v) is 7.02. The Kier molecular flexibility index (Phi) is 5.66. The van der Waals surface area contributed by atoms with Gasteiger partial charge in [-0.3, -0.25) is 0 Å². The maximum absolute atomic E-state index is 6.00. The van der Waals surface area contributed by atoms with Gasteiger partial charge in [0.2, 0.25) is 0 Å². The molecule has 0 saturated heterocycles. The number of benzene rings is 2. The molecule has 2 N–H and O–H groups in total. The van der Waals surface area contributed by atoms with Gasteiger partial charge in [-0.05, 0) is 55.7 Å². The molecule has 2 aromatic carbocycles. The Morgan fingerprint density at radius 1 is 0.897 bits per heavy atom. The predicted octanol–water partition coefficient (Wildman–Crippen LogP) is 5.13. The maximum Gasteiger partial charge on any atom is 0.180 e. The van der Waals surface area contributed by atoms with Crippen molar-refractivity contribution < 1.29 is 9.47 Å². The summed E-state index contributed by atoms with van der Waals surface area (Å²) in [5.41, 5.74) is 10.5. The average molecular weight is 387 g/mol. The number of nitrogens with two attached hydrogens (primary N) is 1. The fourth-order valence-electron chi connectivity index (χ4n) is 3.22. The Morgan fingerprint density at radius 3 is 2.45 bits per heavy atom. The molecule has 0 amide bonds. The Balaban J connectivity index is 1.34. The summed E-state index contributed by atoms with van der Waals surface area (Å²) in [6, 6.07) is 19.7. The molecule has 0 fully saturated rings. The fourth-order valence-corrected chi connectivity index (χ4v) is 3.22. The smallest absolute Gasteiger partial charge is 0.180 e. The number of nitrogens with zero attached hydrogens (tertiary/aromatic N) is 2. The minimum atomic E-state index is 0.622. The standard InChI is InChI=1S/C24H25N3O2/c1-18-8-2-3-11-22(18)28-14-4-5-15-29-23-12-7-13-27-17-21(26-24(23)27)19-9-6-10-20(25)16-19/h2-3,6-13,16-17H,4-5,14-15,25H2,1H3. The van der Waals surface area contributed by atoms with Crippen molar-refractivity contribution in [1.82, 2.24) is 9.38 Å². The van der Waals surface area contributed by atoms with Gasteiger partial charge in [0.15, 0.2) is 11.4 Å². The zero-order valence-electron chi connectivity index (χ0n) is 16.5. The summed E-state index contributed by atoms with van der Waals surface area (Å²) >= 11 is 0. The lowest BCUT2D eigenvalue weighted by Gasteiger charge is -2.09. The molecule has 29 heavy (non-hydrogen) atoms. The molecule has 5 nitrogen and oxygen atoms in total. The number of hydrogen-bond acceptors (Lipinski definition) is 4. The third kappa shape index (κ3) is 4.51. The van der Waals surface area contributed by atoms with Crippen LogP contribution in [-0.2, 0) is 0 Å². The van der Waals surface area contributed by atoms with Gasteiger partial charge < -0.3 is 19.6 Å². The highest BCUT2D eigenvalue weighted by Crippen LogP contribution is 2.25. The van der Waals surface area contributed by atoms with E-state index in [0.29, 0.717) is 13.2 Å². The fraction of sp³-hybridized carbons (Fsp3) is 0.208. The number of nitrogen functional groups attached to an aromatic ring is 1. The van der Waals surface area contributed by atoms with Crippen LogP contribution in [0.3, 0.4) is 0 Å². The van der Waals surface area contributed by atoms with E-state index < -0.39 is 0 Å². The molecule has 0 radical (unpaired) electrons. The van der Waals surface area contributed by atoms with Crippen molar-refractivity contribution in [1.29, 1.82) is 0 Å². The Morgan fingerprint density at radius 2 is 1.66 bits per heavy atom. The summed E-state index contributed by atoms with van der Waals surface area (Å²) < 4.78 is 13.8. The summed E-state index contributed by atoms with van der Waals surface area (Å²) in [6.07, 6.45) is 5.81. The van der Waals surface area contributed by atoms with E-state index >= 15 is 0 Å². The Bertz CT molecular complexity index is 1100. The van der Waals surface area contributed by atoms with E-state index in [1.54, 1.807) is 0 Å². The lowest BCUT2D eigenvalue weighted by atomic mass is 10.1. The van der Waals surface area contributed by atoms with E-state index in [0.717, 1.165) is 52.5 Å². The molecule has 148 valence electrons. The molecular formula is C24H25N3O2. The normalized spacial score (nSPS) is 10.9.